The molecular weight excluding hydrogens is 276 g/mol. The highest BCUT2D eigenvalue weighted by molar-refractivity contribution is 7.99. The molecule has 2 fully saturated rings. The number of fused-ring (bicyclic) bond motifs is 1. The van der Waals surface area contributed by atoms with Crippen LogP contribution in [0.4, 0.5) is 0 Å². The van der Waals surface area contributed by atoms with Gasteiger partial charge in [-0.25, -0.2) is 0 Å². The standard InChI is InChI=1S/C15H20O4S/c1-9-12-13(19-15(2,3)18-12)11(16)14(17-9)20-10-7-5-4-6-8-10/h4-9,11-14,16H,1-3H3/t9-,11-,12+,13-,14+/m1/s1. The number of thioether (sulfide) groups is 1. The Hall–Kier alpha value is -0.590. The van der Waals surface area contributed by atoms with E-state index in [2.05, 4.69) is 0 Å². The van der Waals surface area contributed by atoms with Crippen molar-refractivity contribution in [2.24, 2.45) is 0 Å². The minimum absolute atomic E-state index is 0.105. The summed E-state index contributed by atoms with van der Waals surface area (Å²) in [7, 11) is 0. The first kappa shape index (κ1) is 14.4. The van der Waals surface area contributed by atoms with E-state index in [1.807, 2.05) is 51.1 Å². The van der Waals surface area contributed by atoms with E-state index < -0.39 is 11.9 Å². The Kier molecular flexibility index (Phi) is 3.81. The SMILES string of the molecule is C[C@H]1O[C@@H](Sc2ccccc2)[C@H](O)[C@H]2OC(C)(C)O[C@H]21. The van der Waals surface area contributed by atoms with Gasteiger partial charge >= 0.3 is 0 Å². The van der Waals surface area contributed by atoms with Gasteiger partial charge in [-0.3, -0.25) is 0 Å². The third-order valence-electron chi connectivity index (χ3n) is 3.59. The largest absolute Gasteiger partial charge is 0.387 e. The van der Waals surface area contributed by atoms with E-state index >= 15 is 0 Å². The Morgan fingerprint density at radius 2 is 1.75 bits per heavy atom. The Bertz CT molecular complexity index is 464. The zero-order valence-electron chi connectivity index (χ0n) is 11.9. The van der Waals surface area contributed by atoms with Crippen molar-refractivity contribution in [2.45, 2.75) is 61.3 Å². The summed E-state index contributed by atoms with van der Waals surface area (Å²) in [5.74, 6) is -0.666. The molecule has 0 spiro atoms. The van der Waals surface area contributed by atoms with Crippen LogP contribution in [0.25, 0.3) is 0 Å². The minimum atomic E-state index is -0.705. The van der Waals surface area contributed by atoms with Gasteiger partial charge in [0.2, 0.25) is 0 Å². The molecule has 2 aliphatic rings. The van der Waals surface area contributed by atoms with Crippen molar-refractivity contribution < 1.29 is 19.3 Å². The zero-order chi connectivity index (χ0) is 14.3. The lowest BCUT2D eigenvalue weighted by atomic mass is 10.0. The van der Waals surface area contributed by atoms with Gasteiger partial charge in [-0.05, 0) is 32.9 Å². The molecule has 0 aromatic heterocycles. The molecule has 5 heteroatoms. The van der Waals surface area contributed by atoms with Gasteiger partial charge < -0.3 is 19.3 Å². The number of aliphatic hydroxyl groups excluding tert-OH is 1. The maximum Gasteiger partial charge on any atom is 0.164 e. The predicted molar refractivity (Wildman–Crippen MR) is 76.5 cm³/mol. The molecule has 2 heterocycles. The van der Waals surface area contributed by atoms with E-state index in [0.29, 0.717) is 0 Å². The van der Waals surface area contributed by atoms with Gasteiger partial charge in [-0.15, -0.1) is 0 Å². The van der Waals surface area contributed by atoms with Gasteiger partial charge in [0, 0.05) is 4.90 Å². The molecule has 0 amide bonds. The second-order valence-corrected chi connectivity index (χ2v) is 6.87. The van der Waals surface area contributed by atoms with Crippen LogP contribution in [0.5, 0.6) is 0 Å². The lowest BCUT2D eigenvalue weighted by molar-refractivity contribution is -0.153. The first-order chi connectivity index (χ1) is 9.46. The fourth-order valence-electron chi connectivity index (χ4n) is 2.70. The molecule has 0 bridgehead atoms. The van der Waals surface area contributed by atoms with E-state index in [1.54, 1.807) is 0 Å². The monoisotopic (exact) mass is 296 g/mol. The summed E-state index contributed by atoms with van der Waals surface area (Å²) in [6.07, 6.45) is -1.36. The summed E-state index contributed by atoms with van der Waals surface area (Å²) < 4.78 is 17.6. The topological polar surface area (TPSA) is 47.9 Å². The molecule has 110 valence electrons. The quantitative estimate of drug-likeness (QED) is 0.908. The summed E-state index contributed by atoms with van der Waals surface area (Å²) in [4.78, 5) is 1.07. The van der Waals surface area contributed by atoms with E-state index in [4.69, 9.17) is 14.2 Å². The van der Waals surface area contributed by atoms with Crippen molar-refractivity contribution in [1.29, 1.82) is 0 Å². The maximum atomic E-state index is 10.5. The Labute approximate surface area is 123 Å². The fourth-order valence-corrected chi connectivity index (χ4v) is 3.81. The van der Waals surface area contributed by atoms with Gasteiger partial charge in [-0.2, -0.15) is 0 Å². The Morgan fingerprint density at radius 1 is 1.10 bits per heavy atom. The van der Waals surface area contributed by atoms with Crippen LogP contribution in [0.15, 0.2) is 35.2 Å². The van der Waals surface area contributed by atoms with Gasteiger partial charge in [0.25, 0.3) is 0 Å². The minimum Gasteiger partial charge on any atom is -0.387 e. The van der Waals surface area contributed by atoms with Crippen molar-refractivity contribution >= 4 is 11.8 Å². The van der Waals surface area contributed by atoms with Gasteiger partial charge in [0.05, 0.1) is 6.10 Å². The van der Waals surface area contributed by atoms with E-state index in [9.17, 15) is 5.11 Å². The van der Waals surface area contributed by atoms with Gasteiger partial charge in [-0.1, -0.05) is 30.0 Å². The van der Waals surface area contributed by atoms with E-state index in [1.165, 1.54) is 11.8 Å². The van der Waals surface area contributed by atoms with Crippen LogP contribution in [0, 0.1) is 0 Å². The predicted octanol–water partition coefficient (Wildman–Crippen LogP) is 2.40. The maximum absolute atomic E-state index is 10.5. The number of aliphatic hydroxyl groups is 1. The molecule has 0 unspecified atom stereocenters. The number of hydrogen-bond acceptors (Lipinski definition) is 5. The molecule has 1 N–H and O–H groups in total. The third kappa shape index (κ3) is 2.73. The summed E-state index contributed by atoms with van der Waals surface area (Å²) in [5, 5.41) is 10.5. The first-order valence-electron chi connectivity index (χ1n) is 6.87. The first-order valence-corrected chi connectivity index (χ1v) is 7.75. The van der Waals surface area contributed by atoms with Crippen LogP contribution in [0.1, 0.15) is 20.8 Å². The molecular formula is C15H20O4S. The Balaban J connectivity index is 1.75. The highest BCUT2D eigenvalue weighted by Gasteiger charge is 2.53. The molecule has 20 heavy (non-hydrogen) atoms. The molecule has 3 rings (SSSR count). The number of hydrogen-bond donors (Lipinski definition) is 1. The summed E-state index contributed by atoms with van der Waals surface area (Å²) in [5.41, 5.74) is -0.342. The molecule has 0 aliphatic carbocycles. The molecule has 2 aliphatic heterocycles. The summed E-state index contributed by atoms with van der Waals surface area (Å²) in [6.45, 7) is 5.70. The number of rotatable bonds is 2. The van der Waals surface area contributed by atoms with Crippen LogP contribution >= 0.6 is 11.8 Å². The van der Waals surface area contributed by atoms with Crippen LogP contribution in [0.3, 0.4) is 0 Å². The molecule has 4 nitrogen and oxygen atoms in total. The highest BCUT2D eigenvalue weighted by atomic mass is 32.2. The number of ether oxygens (including phenoxy) is 3. The van der Waals surface area contributed by atoms with Gasteiger partial charge in [0.1, 0.15) is 23.7 Å². The van der Waals surface area contributed by atoms with E-state index in [0.717, 1.165) is 4.90 Å². The van der Waals surface area contributed by atoms with Crippen molar-refractivity contribution in [1.82, 2.24) is 0 Å². The molecule has 1 aromatic carbocycles. The van der Waals surface area contributed by atoms with Crippen LogP contribution < -0.4 is 0 Å². The smallest absolute Gasteiger partial charge is 0.164 e. The Morgan fingerprint density at radius 3 is 2.45 bits per heavy atom. The molecule has 0 saturated carbocycles. The highest BCUT2D eigenvalue weighted by Crippen LogP contribution is 2.41. The van der Waals surface area contributed by atoms with E-state index in [-0.39, 0.29) is 23.7 Å². The molecule has 2 saturated heterocycles. The van der Waals surface area contributed by atoms with Gasteiger partial charge in [0.15, 0.2) is 5.79 Å². The molecule has 5 atom stereocenters. The third-order valence-corrected chi connectivity index (χ3v) is 4.75. The van der Waals surface area contributed by atoms with Crippen molar-refractivity contribution in [3.63, 3.8) is 0 Å². The summed E-state index contributed by atoms with van der Waals surface area (Å²) >= 11 is 1.52. The second kappa shape index (κ2) is 5.31. The van der Waals surface area contributed by atoms with Crippen LogP contribution in [-0.2, 0) is 14.2 Å². The lowest BCUT2D eigenvalue weighted by Crippen LogP contribution is -2.54. The fraction of sp³-hybridized carbons (Fsp3) is 0.600. The number of benzene rings is 1. The van der Waals surface area contributed by atoms with Crippen LogP contribution in [0.2, 0.25) is 0 Å². The average molecular weight is 296 g/mol. The van der Waals surface area contributed by atoms with Crippen molar-refractivity contribution in [3.05, 3.63) is 30.3 Å². The summed E-state index contributed by atoms with van der Waals surface area (Å²) in [6, 6.07) is 9.93. The lowest BCUT2D eigenvalue weighted by Gasteiger charge is -2.38. The van der Waals surface area contributed by atoms with Crippen LogP contribution in [-0.4, -0.2) is 40.7 Å². The second-order valence-electron chi connectivity index (χ2n) is 5.70. The zero-order valence-corrected chi connectivity index (χ0v) is 12.7. The van der Waals surface area contributed by atoms with Crippen molar-refractivity contribution in [2.75, 3.05) is 0 Å². The molecule has 0 radical (unpaired) electrons. The average Bonchev–Trinajstić information content (AvgIpc) is 2.74. The molecule has 1 aromatic rings. The van der Waals surface area contributed by atoms with Crippen molar-refractivity contribution in [3.8, 4) is 0 Å². The normalized spacial score (nSPS) is 39.5.